The van der Waals surface area contributed by atoms with E-state index in [1.54, 1.807) is 0 Å². The molecule has 0 fully saturated rings. The highest BCUT2D eigenvalue weighted by Crippen LogP contribution is 1.96. The maximum Gasteiger partial charge on any atom is 0.00767 e. The Morgan fingerprint density at radius 1 is 0.643 bits per heavy atom. The van der Waals surface area contributed by atoms with Crippen molar-refractivity contribution in [1.82, 2.24) is 10.6 Å². The van der Waals surface area contributed by atoms with E-state index in [4.69, 9.17) is 0 Å². The lowest BCUT2D eigenvalue weighted by molar-refractivity contribution is 0.507. The minimum absolute atomic E-state index is 0.816. The Labute approximate surface area is 89.9 Å². The fraction of sp³-hybridized carbons (Fsp3) is 1.00. The quantitative estimate of drug-likeness (QED) is 0.558. The first kappa shape index (κ1) is 13.9. The molecule has 86 valence electrons. The van der Waals surface area contributed by atoms with Crippen molar-refractivity contribution in [2.75, 3.05) is 26.2 Å². The van der Waals surface area contributed by atoms with Gasteiger partial charge in [0.2, 0.25) is 0 Å². The molecule has 2 N–H and O–H groups in total. The van der Waals surface area contributed by atoms with Gasteiger partial charge in [0, 0.05) is 13.1 Å². The molecular formula is C12H28N2. The summed E-state index contributed by atoms with van der Waals surface area (Å²) in [5, 5.41) is 6.88. The van der Waals surface area contributed by atoms with Crippen molar-refractivity contribution in [2.45, 2.75) is 40.5 Å². The molecule has 0 aromatic carbocycles. The first-order valence-electron chi connectivity index (χ1n) is 6.04. The summed E-state index contributed by atoms with van der Waals surface area (Å²) in [5.74, 6) is 1.63. The summed E-state index contributed by atoms with van der Waals surface area (Å²) in [5.41, 5.74) is 0. The van der Waals surface area contributed by atoms with Crippen molar-refractivity contribution in [3.63, 3.8) is 0 Å². The van der Waals surface area contributed by atoms with Gasteiger partial charge in [0.05, 0.1) is 0 Å². The van der Waals surface area contributed by atoms with Gasteiger partial charge in [-0.2, -0.15) is 0 Å². The minimum atomic E-state index is 0.816. The van der Waals surface area contributed by atoms with Crippen molar-refractivity contribution in [3.05, 3.63) is 0 Å². The number of nitrogens with one attached hydrogen (secondary N) is 2. The van der Waals surface area contributed by atoms with Crippen LogP contribution in [0.2, 0.25) is 0 Å². The van der Waals surface area contributed by atoms with Gasteiger partial charge in [0.25, 0.3) is 0 Å². The lowest BCUT2D eigenvalue weighted by Crippen LogP contribution is -2.29. The maximum atomic E-state index is 3.44. The minimum Gasteiger partial charge on any atom is -0.315 e. The molecule has 0 aliphatic carbocycles. The van der Waals surface area contributed by atoms with Crippen LogP contribution in [0.3, 0.4) is 0 Å². The largest absolute Gasteiger partial charge is 0.315 e. The molecule has 0 saturated carbocycles. The molecule has 0 aromatic rings. The van der Waals surface area contributed by atoms with Gasteiger partial charge in [-0.05, 0) is 37.8 Å². The van der Waals surface area contributed by atoms with Crippen LogP contribution < -0.4 is 10.6 Å². The molecule has 0 aliphatic rings. The van der Waals surface area contributed by atoms with Crippen LogP contribution in [-0.4, -0.2) is 26.2 Å². The molecule has 0 radical (unpaired) electrons. The van der Waals surface area contributed by atoms with Crippen LogP contribution in [0.4, 0.5) is 0 Å². The molecular weight excluding hydrogens is 172 g/mol. The highest BCUT2D eigenvalue weighted by Gasteiger charge is 1.94. The fourth-order valence-corrected chi connectivity index (χ4v) is 1.21. The van der Waals surface area contributed by atoms with Crippen molar-refractivity contribution in [3.8, 4) is 0 Å². The molecule has 0 aliphatic heterocycles. The van der Waals surface area contributed by atoms with E-state index in [-0.39, 0.29) is 0 Å². The van der Waals surface area contributed by atoms with Gasteiger partial charge < -0.3 is 10.6 Å². The second-order valence-electron chi connectivity index (χ2n) is 4.87. The smallest absolute Gasteiger partial charge is 0.00767 e. The van der Waals surface area contributed by atoms with Gasteiger partial charge in [-0.1, -0.05) is 27.7 Å². The maximum absolute atomic E-state index is 3.44. The summed E-state index contributed by atoms with van der Waals surface area (Å²) in [6.45, 7) is 13.6. The van der Waals surface area contributed by atoms with Crippen LogP contribution in [-0.2, 0) is 0 Å². The Hall–Kier alpha value is -0.0800. The first-order valence-corrected chi connectivity index (χ1v) is 6.04. The van der Waals surface area contributed by atoms with Gasteiger partial charge in [-0.15, -0.1) is 0 Å². The molecule has 0 aromatic heterocycles. The van der Waals surface area contributed by atoms with Gasteiger partial charge in [-0.3, -0.25) is 0 Å². The predicted molar refractivity (Wildman–Crippen MR) is 64.6 cm³/mol. The molecule has 0 bridgehead atoms. The normalized spacial score (nSPS) is 11.6. The van der Waals surface area contributed by atoms with Gasteiger partial charge in [0.1, 0.15) is 0 Å². The average molecular weight is 200 g/mol. The Balaban J connectivity index is 2.92. The van der Waals surface area contributed by atoms with E-state index in [1.165, 1.54) is 12.8 Å². The summed E-state index contributed by atoms with van der Waals surface area (Å²) in [7, 11) is 0. The highest BCUT2D eigenvalue weighted by molar-refractivity contribution is 4.55. The van der Waals surface area contributed by atoms with E-state index in [0.29, 0.717) is 0 Å². The van der Waals surface area contributed by atoms with E-state index >= 15 is 0 Å². The molecule has 0 heterocycles. The lowest BCUT2D eigenvalue weighted by Gasteiger charge is -2.08. The topological polar surface area (TPSA) is 24.1 Å². The highest BCUT2D eigenvalue weighted by atomic mass is 14.9. The zero-order valence-corrected chi connectivity index (χ0v) is 10.4. The monoisotopic (exact) mass is 200 g/mol. The predicted octanol–water partition coefficient (Wildman–Crippen LogP) is 2.26. The molecule has 0 atom stereocenters. The molecule has 0 unspecified atom stereocenters. The van der Waals surface area contributed by atoms with E-state index in [2.05, 4.69) is 38.3 Å². The summed E-state index contributed by atoms with van der Waals surface area (Å²) in [6, 6.07) is 0. The third kappa shape index (κ3) is 11.9. The van der Waals surface area contributed by atoms with E-state index in [9.17, 15) is 0 Å². The van der Waals surface area contributed by atoms with Crippen LogP contribution in [0.5, 0.6) is 0 Å². The SMILES string of the molecule is CC(C)CCNCCNCCC(C)C. The van der Waals surface area contributed by atoms with E-state index in [0.717, 1.165) is 38.0 Å². The molecule has 14 heavy (non-hydrogen) atoms. The standard InChI is InChI=1S/C12H28N2/c1-11(2)5-7-13-9-10-14-8-6-12(3)4/h11-14H,5-10H2,1-4H3. The van der Waals surface area contributed by atoms with Crippen LogP contribution in [0.25, 0.3) is 0 Å². The number of hydrogen-bond acceptors (Lipinski definition) is 2. The van der Waals surface area contributed by atoms with Crippen LogP contribution in [0.15, 0.2) is 0 Å². The third-order valence-corrected chi connectivity index (χ3v) is 2.28. The first-order chi connectivity index (χ1) is 6.63. The molecule has 2 nitrogen and oxygen atoms in total. The molecule has 2 heteroatoms. The lowest BCUT2D eigenvalue weighted by atomic mass is 10.1. The fourth-order valence-electron chi connectivity index (χ4n) is 1.21. The average Bonchev–Trinajstić information content (AvgIpc) is 2.08. The second-order valence-corrected chi connectivity index (χ2v) is 4.87. The molecule has 0 saturated heterocycles. The summed E-state index contributed by atoms with van der Waals surface area (Å²) in [4.78, 5) is 0. The van der Waals surface area contributed by atoms with Crippen molar-refractivity contribution >= 4 is 0 Å². The van der Waals surface area contributed by atoms with Crippen LogP contribution in [0, 0.1) is 11.8 Å². The van der Waals surface area contributed by atoms with Crippen molar-refractivity contribution in [2.24, 2.45) is 11.8 Å². The zero-order chi connectivity index (χ0) is 10.8. The number of rotatable bonds is 9. The van der Waals surface area contributed by atoms with Crippen molar-refractivity contribution in [1.29, 1.82) is 0 Å². The van der Waals surface area contributed by atoms with Gasteiger partial charge in [-0.25, -0.2) is 0 Å². The Kier molecular flexibility index (Phi) is 9.42. The van der Waals surface area contributed by atoms with Crippen LogP contribution in [0.1, 0.15) is 40.5 Å². The molecule has 0 amide bonds. The second kappa shape index (κ2) is 9.47. The van der Waals surface area contributed by atoms with E-state index < -0.39 is 0 Å². The van der Waals surface area contributed by atoms with Crippen molar-refractivity contribution < 1.29 is 0 Å². The third-order valence-electron chi connectivity index (χ3n) is 2.28. The Morgan fingerprint density at radius 3 is 1.29 bits per heavy atom. The van der Waals surface area contributed by atoms with E-state index in [1.807, 2.05) is 0 Å². The molecule has 0 spiro atoms. The summed E-state index contributed by atoms with van der Waals surface area (Å²) < 4.78 is 0. The Bertz CT molecular complexity index is 96.9. The number of hydrogen-bond donors (Lipinski definition) is 2. The summed E-state index contributed by atoms with van der Waals surface area (Å²) in [6.07, 6.45) is 2.57. The molecule has 0 rings (SSSR count). The van der Waals surface area contributed by atoms with Crippen LogP contribution >= 0.6 is 0 Å². The van der Waals surface area contributed by atoms with Gasteiger partial charge >= 0.3 is 0 Å². The van der Waals surface area contributed by atoms with Gasteiger partial charge in [0.15, 0.2) is 0 Å². The zero-order valence-electron chi connectivity index (χ0n) is 10.4. The Morgan fingerprint density at radius 2 is 1.00 bits per heavy atom. The summed E-state index contributed by atoms with van der Waals surface area (Å²) >= 11 is 0.